The Morgan fingerprint density at radius 1 is 1.26 bits per heavy atom. The summed E-state index contributed by atoms with van der Waals surface area (Å²) < 4.78 is 5.09. The largest absolute Gasteiger partial charge is 0.496 e. The Morgan fingerprint density at radius 3 is 2.74 bits per heavy atom. The number of hydrazone groups is 1. The van der Waals surface area contributed by atoms with Crippen LogP contribution in [0.5, 0.6) is 5.75 Å². The van der Waals surface area contributed by atoms with Crippen LogP contribution < -0.4 is 10.2 Å². The van der Waals surface area contributed by atoms with Gasteiger partial charge in [0.15, 0.2) is 0 Å². The fourth-order valence-electron chi connectivity index (χ4n) is 1.84. The predicted molar refractivity (Wildman–Crippen MR) is 86.5 cm³/mol. The molecule has 0 saturated carbocycles. The van der Waals surface area contributed by atoms with Gasteiger partial charge in [0.1, 0.15) is 5.75 Å². The third-order valence-corrected chi connectivity index (χ3v) is 3.15. The number of carbonyl (C=O) groups is 2. The zero-order chi connectivity index (χ0) is 16.8. The molecule has 0 atom stereocenters. The first-order valence-electron chi connectivity index (χ1n) is 6.51. The van der Waals surface area contributed by atoms with Gasteiger partial charge in [0, 0.05) is 5.02 Å². The molecule has 0 aliphatic heterocycles. The maximum atomic E-state index is 12.1. The molecule has 1 amide bonds. The molecule has 0 aromatic heterocycles. The van der Waals surface area contributed by atoms with Gasteiger partial charge in [0.25, 0.3) is 5.91 Å². The van der Waals surface area contributed by atoms with Crippen LogP contribution in [0.2, 0.25) is 5.02 Å². The van der Waals surface area contributed by atoms with Gasteiger partial charge in [-0.05, 0) is 35.9 Å². The van der Waals surface area contributed by atoms with Gasteiger partial charge >= 0.3 is 5.97 Å². The molecule has 118 valence electrons. The van der Waals surface area contributed by atoms with Gasteiger partial charge in [0.05, 0.1) is 24.5 Å². The van der Waals surface area contributed by atoms with Crippen LogP contribution >= 0.6 is 11.6 Å². The zero-order valence-corrected chi connectivity index (χ0v) is 12.9. The monoisotopic (exact) mass is 332 g/mol. The molecule has 0 aliphatic carbocycles. The minimum Gasteiger partial charge on any atom is -0.496 e. The minimum atomic E-state index is -1.03. The van der Waals surface area contributed by atoms with Crippen molar-refractivity contribution in [3.63, 3.8) is 0 Å². The summed E-state index contributed by atoms with van der Waals surface area (Å²) in [6.45, 7) is 0. The number of amides is 1. The van der Waals surface area contributed by atoms with Gasteiger partial charge in [-0.3, -0.25) is 4.79 Å². The van der Waals surface area contributed by atoms with Crippen LogP contribution in [0, 0.1) is 0 Å². The van der Waals surface area contributed by atoms with E-state index in [0.717, 1.165) is 0 Å². The van der Waals surface area contributed by atoms with Crippen LogP contribution in [0.25, 0.3) is 0 Å². The Bertz CT molecular complexity index is 774. The number of benzene rings is 2. The quantitative estimate of drug-likeness (QED) is 0.651. The summed E-state index contributed by atoms with van der Waals surface area (Å²) in [6, 6.07) is 10.8. The van der Waals surface area contributed by atoms with E-state index in [1.165, 1.54) is 31.5 Å². The first-order valence-corrected chi connectivity index (χ1v) is 6.89. The predicted octanol–water partition coefficient (Wildman–Crippen LogP) is 2.81. The van der Waals surface area contributed by atoms with Crippen molar-refractivity contribution in [3.8, 4) is 5.75 Å². The number of hydrogen-bond acceptors (Lipinski definition) is 4. The van der Waals surface area contributed by atoms with Crippen LogP contribution in [0.15, 0.2) is 47.6 Å². The number of carboxylic acid groups (broad SMARTS) is 1. The highest BCUT2D eigenvalue weighted by Gasteiger charge is 2.12. The number of carboxylic acids is 1. The number of methoxy groups -OCH3 is 1. The van der Waals surface area contributed by atoms with Crippen LogP contribution in [-0.2, 0) is 0 Å². The average molecular weight is 333 g/mol. The summed E-state index contributed by atoms with van der Waals surface area (Å²) in [7, 11) is 1.45. The molecule has 0 bridgehead atoms. The molecule has 2 N–H and O–H groups in total. The van der Waals surface area contributed by atoms with Crippen molar-refractivity contribution >= 4 is 29.7 Å². The molecule has 23 heavy (non-hydrogen) atoms. The second kappa shape index (κ2) is 7.42. The van der Waals surface area contributed by atoms with E-state index >= 15 is 0 Å². The topological polar surface area (TPSA) is 88.0 Å². The Kier molecular flexibility index (Phi) is 5.32. The lowest BCUT2D eigenvalue weighted by Gasteiger charge is -2.07. The lowest BCUT2D eigenvalue weighted by molar-refractivity contribution is 0.0696. The Balaban J connectivity index is 2.11. The van der Waals surface area contributed by atoms with Gasteiger partial charge in [-0.25, -0.2) is 10.2 Å². The first-order chi connectivity index (χ1) is 11.0. The van der Waals surface area contributed by atoms with Crippen molar-refractivity contribution < 1.29 is 19.4 Å². The first kappa shape index (κ1) is 16.5. The minimum absolute atomic E-state index is 0.136. The van der Waals surface area contributed by atoms with Crippen LogP contribution in [0.1, 0.15) is 26.3 Å². The van der Waals surface area contributed by atoms with E-state index in [1.807, 2.05) is 0 Å². The molecule has 0 spiro atoms. The van der Waals surface area contributed by atoms with Crippen LogP contribution in [0.3, 0.4) is 0 Å². The van der Waals surface area contributed by atoms with Crippen LogP contribution in [0.4, 0.5) is 0 Å². The van der Waals surface area contributed by atoms with Crippen LogP contribution in [-0.4, -0.2) is 30.3 Å². The second-order valence-corrected chi connectivity index (χ2v) is 4.91. The molecular formula is C16H13ClN2O4. The van der Waals surface area contributed by atoms with E-state index in [0.29, 0.717) is 16.3 Å². The molecular weight excluding hydrogens is 320 g/mol. The number of ether oxygens (including phenoxy) is 1. The maximum absolute atomic E-state index is 12.1. The van der Waals surface area contributed by atoms with E-state index in [1.54, 1.807) is 24.3 Å². The second-order valence-electron chi connectivity index (χ2n) is 4.47. The van der Waals surface area contributed by atoms with Crippen molar-refractivity contribution in [2.24, 2.45) is 5.10 Å². The van der Waals surface area contributed by atoms with E-state index in [4.69, 9.17) is 21.4 Å². The lowest BCUT2D eigenvalue weighted by Crippen LogP contribution is -2.18. The number of hydrogen-bond donors (Lipinski definition) is 2. The molecule has 6 nitrogen and oxygen atoms in total. The van der Waals surface area contributed by atoms with Gasteiger partial charge < -0.3 is 9.84 Å². The molecule has 2 aromatic rings. The van der Waals surface area contributed by atoms with Gasteiger partial charge in [-0.1, -0.05) is 23.7 Å². The fraction of sp³-hybridized carbons (Fsp3) is 0.0625. The summed E-state index contributed by atoms with van der Waals surface area (Å²) in [5.74, 6) is -1.15. The number of carbonyl (C=O) groups excluding carboxylic acids is 1. The highest BCUT2D eigenvalue weighted by Crippen LogP contribution is 2.22. The number of nitrogens with zero attached hydrogens (tertiary/aromatic N) is 1. The average Bonchev–Trinajstić information content (AvgIpc) is 2.55. The van der Waals surface area contributed by atoms with Crippen molar-refractivity contribution in [2.45, 2.75) is 0 Å². The molecule has 0 aliphatic rings. The van der Waals surface area contributed by atoms with Gasteiger partial charge in [-0.15, -0.1) is 0 Å². The van der Waals surface area contributed by atoms with E-state index in [2.05, 4.69) is 10.5 Å². The van der Waals surface area contributed by atoms with E-state index in [9.17, 15) is 9.59 Å². The highest BCUT2D eigenvalue weighted by atomic mass is 35.5. The van der Waals surface area contributed by atoms with Crippen molar-refractivity contribution in [1.82, 2.24) is 5.43 Å². The standard InChI is InChI=1S/C16H13ClN2O4/c1-23-14-6-5-12(17)8-13(14)15(20)19-18-9-10-3-2-4-11(7-10)16(21)22/h2-9H,1H3,(H,19,20)(H,21,22). The SMILES string of the molecule is COc1ccc(Cl)cc1C(=O)NN=Cc1cccc(C(=O)O)c1. The zero-order valence-electron chi connectivity index (χ0n) is 12.1. The molecule has 2 rings (SSSR count). The van der Waals surface area contributed by atoms with E-state index in [-0.39, 0.29) is 11.1 Å². The molecule has 0 heterocycles. The smallest absolute Gasteiger partial charge is 0.335 e. The Hall–Kier alpha value is -2.86. The summed E-state index contributed by atoms with van der Waals surface area (Å²) >= 11 is 5.87. The Labute approximate surface area is 137 Å². The lowest BCUT2D eigenvalue weighted by atomic mass is 10.1. The third kappa shape index (κ3) is 4.31. The summed E-state index contributed by atoms with van der Waals surface area (Å²) in [5, 5.41) is 13.1. The summed E-state index contributed by atoms with van der Waals surface area (Å²) in [4.78, 5) is 23.0. The maximum Gasteiger partial charge on any atom is 0.335 e. The molecule has 0 saturated heterocycles. The van der Waals surface area contributed by atoms with Gasteiger partial charge in [0.2, 0.25) is 0 Å². The molecule has 2 aromatic carbocycles. The number of halogens is 1. The molecule has 7 heteroatoms. The molecule has 0 unspecified atom stereocenters. The highest BCUT2D eigenvalue weighted by molar-refractivity contribution is 6.31. The number of nitrogens with one attached hydrogen (secondary N) is 1. The number of rotatable bonds is 5. The normalized spacial score (nSPS) is 10.5. The van der Waals surface area contributed by atoms with Crippen molar-refractivity contribution in [2.75, 3.05) is 7.11 Å². The Morgan fingerprint density at radius 2 is 2.04 bits per heavy atom. The van der Waals surface area contributed by atoms with Crippen molar-refractivity contribution in [3.05, 3.63) is 64.2 Å². The van der Waals surface area contributed by atoms with E-state index < -0.39 is 11.9 Å². The van der Waals surface area contributed by atoms with Crippen molar-refractivity contribution in [1.29, 1.82) is 0 Å². The van der Waals surface area contributed by atoms with Gasteiger partial charge in [-0.2, -0.15) is 5.10 Å². The summed E-state index contributed by atoms with van der Waals surface area (Å²) in [6.07, 6.45) is 1.35. The third-order valence-electron chi connectivity index (χ3n) is 2.92. The molecule has 0 radical (unpaired) electrons. The summed E-state index contributed by atoms with van der Waals surface area (Å²) in [5.41, 5.74) is 3.27. The number of aromatic carboxylic acids is 1. The molecule has 0 fully saturated rings. The fourth-order valence-corrected chi connectivity index (χ4v) is 2.01.